The van der Waals surface area contributed by atoms with Gasteiger partial charge in [0, 0.05) is 23.5 Å². The lowest BCUT2D eigenvalue weighted by atomic mass is 10.1. The van der Waals surface area contributed by atoms with Crippen molar-refractivity contribution in [3.8, 4) is 0 Å². The summed E-state index contributed by atoms with van der Waals surface area (Å²) < 4.78 is 0. The van der Waals surface area contributed by atoms with Crippen LogP contribution < -0.4 is 5.73 Å². The summed E-state index contributed by atoms with van der Waals surface area (Å²) in [5, 5.41) is 3.21. The molecule has 1 heterocycles. The summed E-state index contributed by atoms with van der Waals surface area (Å²) in [4.78, 5) is 4.26. The first-order valence-corrected chi connectivity index (χ1v) is 4.67. The summed E-state index contributed by atoms with van der Waals surface area (Å²) in [5.41, 5.74) is 6.18. The molecule has 2 unspecified atom stereocenters. The topological polar surface area (TPSA) is 38.9 Å². The van der Waals surface area contributed by atoms with E-state index in [1.165, 1.54) is 5.01 Å². The van der Waals surface area contributed by atoms with E-state index >= 15 is 0 Å². The molecule has 3 heteroatoms. The van der Waals surface area contributed by atoms with E-state index in [1.54, 1.807) is 11.3 Å². The van der Waals surface area contributed by atoms with Gasteiger partial charge in [0.05, 0.1) is 5.01 Å². The monoisotopic (exact) mass is 168 g/mol. The van der Waals surface area contributed by atoms with Crippen molar-refractivity contribution in [2.24, 2.45) is 11.1 Å². The van der Waals surface area contributed by atoms with Crippen LogP contribution in [-0.2, 0) is 0 Å². The van der Waals surface area contributed by atoms with Crippen molar-refractivity contribution in [1.29, 1.82) is 0 Å². The fourth-order valence-electron chi connectivity index (χ4n) is 1.54. The average molecular weight is 168 g/mol. The summed E-state index contributed by atoms with van der Waals surface area (Å²) in [6.07, 6.45) is 1.85. The van der Waals surface area contributed by atoms with Gasteiger partial charge in [0.25, 0.3) is 0 Å². The van der Waals surface area contributed by atoms with E-state index in [1.807, 2.05) is 11.6 Å². The molecule has 0 bridgehead atoms. The summed E-state index contributed by atoms with van der Waals surface area (Å²) >= 11 is 1.71. The minimum absolute atomic E-state index is 0.276. The van der Waals surface area contributed by atoms with Gasteiger partial charge >= 0.3 is 0 Å². The lowest BCUT2D eigenvalue weighted by Crippen LogP contribution is -2.06. The molecule has 2 N–H and O–H groups in total. The number of hydrogen-bond donors (Lipinski definition) is 1. The van der Waals surface area contributed by atoms with Crippen LogP contribution in [-0.4, -0.2) is 11.0 Å². The normalized spacial score (nSPS) is 33.7. The Morgan fingerprint density at radius 2 is 2.27 bits per heavy atom. The molecular weight excluding hydrogens is 156 g/mol. The van der Waals surface area contributed by atoms with E-state index in [0.29, 0.717) is 12.0 Å². The first-order chi connectivity index (χ1) is 5.14. The number of aromatic nitrogens is 1. The van der Waals surface area contributed by atoms with E-state index in [4.69, 9.17) is 5.73 Å². The van der Waals surface area contributed by atoms with Crippen LogP contribution >= 0.6 is 11.3 Å². The third-order valence-corrected chi connectivity index (χ3v) is 3.49. The highest BCUT2D eigenvalue weighted by atomic mass is 32.1. The SMILES string of the molecule is CC1(C)C(N)C1c1nccs1. The van der Waals surface area contributed by atoms with Crippen molar-refractivity contribution < 1.29 is 0 Å². The van der Waals surface area contributed by atoms with Gasteiger partial charge in [-0.05, 0) is 5.41 Å². The maximum atomic E-state index is 5.90. The number of thiazole rings is 1. The van der Waals surface area contributed by atoms with E-state index in [2.05, 4.69) is 18.8 Å². The fraction of sp³-hybridized carbons (Fsp3) is 0.625. The van der Waals surface area contributed by atoms with E-state index in [9.17, 15) is 0 Å². The molecule has 0 aromatic carbocycles. The maximum Gasteiger partial charge on any atom is 0.0977 e. The lowest BCUT2D eigenvalue weighted by Gasteiger charge is -1.96. The molecule has 2 nitrogen and oxygen atoms in total. The predicted octanol–water partition coefficient (Wildman–Crippen LogP) is 1.59. The molecule has 60 valence electrons. The number of hydrogen-bond acceptors (Lipinski definition) is 3. The van der Waals surface area contributed by atoms with Gasteiger partial charge in [-0.1, -0.05) is 13.8 Å². The van der Waals surface area contributed by atoms with Crippen LogP contribution in [0.1, 0.15) is 24.8 Å². The van der Waals surface area contributed by atoms with Crippen molar-refractivity contribution in [1.82, 2.24) is 4.98 Å². The molecule has 0 amide bonds. The highest BCUT2D eigenvalue weighted by Gasteiger charge is 2.57. The Hall–Kier alpha value is -0.410. The fourth-order valence-corrected chi connectivity index (χ4v) is 2.52. The molecule has 0 radical (unpaired) electrons. The van der Waals surface area contributed by atoms with E-state index in [0.717, 1.165) is 0 Å². The smallest absolute Gasteiger partial charge is 0.0977 e. The molecule has 2 atom stereocenters. The molecule has 2 rings (SSSR count). The first kappa shape index (κ1) is 7.25. The average Bonchev–Trinajstić information content (AvgIpc) is 2.40. The van der Waals surface area contributed by atoms with Crippen LogP contribution in [0, 0.1) is 5.41 Å². The van der Waals surface area contributed by atoms with E-state index < -0.39 is 0 Å². The predicted molar refractivity (Wildman–Crippen MR) is 46.6 cm³/mol. The summed E-state index contributed by atoms with van der Waals surface area (Å²) in [7, 11) is 0. The van der Waals surface area contributed by atoms with Gasteiger partial charge in [-0.2, -0.15) is 0 Å². The molecule has 0 aliphatic heterocycles. The van der Waals surface area contributed by atoms with Crippen LogP contribution in [0.2, 0.25) is 0 Å². The Morgan fingerprint density at radius 1 is 1.64 bits per heavy atom. The van der Waals surface area contributed by atoms with Crippen LogP contribution in [0.3, 0.4) is 0 Å². The summed E-state index contributed by atoms with van der Waals surface area (Å²) in [5.74, 6) is 0.502. The molecule has 1 fully saturated rings. The Labute approximate surface area is 70.5 Å². The molecule has 1 aliphatic carbocycles. The lowest BCUT2D eigenvalue weighted by molar-refractivity contribution is 0.598. The van der Waals surface area contributed by atoms with Gasteiger partial charge in [0.2, 0.25) is 0 Å². The zero-order valence-corrected chi connectivity index (χ0v) is 7.56. The van der Waals surface area contributed by atoms with Crippen LogP contribution in [0.5, 0.6) is 0 Å². The van der Waals surface area contributed by atoms with Gasteiger partial charge in [0.1, 0.15) is 0 Å². The number of rotatable bonds is 1. The van der Waals surface area contributed by atoms with Crippen molar-refractivity contribution in [2.45, 2.75) is 25.8 Å². The third-order valence-electron chi connectivity index (χ3n) is 2.63. The van der Waals surface area contributed by atoms with Gasteiger partial charge in [-0.15, -0.1) is 11.3 Å². The molecule has 1 aromatic heterocycles. The Morgan fingerprint density at radius 3 is 2.64 bits per heavy atom. The highest BCUT2D eigenvalue weighted by molar-refractivity contribution is 7.09. The number of nitrogens with zero attached hydrogens (tertiary/aromatic N) is 1. The van der Waals surface area contributed by atoms with Gasteiger partial charge in [-0.25, -0.2) is 4.98 Å². The standard InChI is InChI=1S/C8H12N2S/c1-8(2)5(6(8)9)7-10-3-4-11-7/h3-6H,9H2,1-2H3. The molecule has 1 saturated carbocycles. The largest absolute Gasteiger partial charge is 0.327 e. The first-order valence-electron chi connectivity index (χ1n) is 3.79. The van der Waals surface area contributed by atoms with Gasteiger partial charge in [0.15, 0.2) is 0 Å². The molecule has 1 aliphatic rings. The van der Waals surface area contributed by atoms with Crippen molar-refractivity contribution in [3.63, 3.8) is 0 Å². The second-order valence-corrected chi connectivity index (χ2v) is 4.62. The molecule has 1 aromatic rings. The summed E-state index contributed by atoms with van der Waals surface area (Å²) in [6, 6.07) is 0.314. The van der Waals surface area contributed by atoms with Crippen LogP contribution in [0.25, 0.3) is 0 Å². The maximum absolute atomic E-state index is 5.90. The molecule has 0 saturated heterocycles. The zero-order chi connectivity index (χ0) is 8.06. The second-order valence-electron chi connectivity index (χ2n) is 3.70. The minimum atomic E-state index is 0.276. The van der Waals surface area contributed by atoms with Crippen molar-refractivity contribution in [3.05, 3.63) is 16.6 Å². The van der Waals surface area contributed by atoms with Crippen LogP contribution in [0.15, 0.2) is 11.6 Å². The van der Waals surface area contributed by atoms with Crippen molar-refractivity contribution >= 4 is 11.3 Å². The second kappa shape index (κ2) is 2.05. The van der Waals surface area contributed by atoms with Gasteiger partial charge < -0.3 is 5.73 Å². The van der Waals surface area contributed by atoms with E-state index in [-0.39, 0.29) is 5.41 Å². The van der Waals surface area contributed by atoms with Gasteiger partial charge in [-0.3, -0.25) is 0 Å². The molecule has 11 heavy (non-hydrogen) atoms. The third kappa shape index (κ3) is 0.914. The highest BCUT2D eigenvalue weighted by Crippen LogP contribution is 2.57. The molecular formula is C8H12N2S. The Bertz CT molecular complexity index is 253. The number of nitrogens with two attached hydrogens (primary N) is 1. The Kier molecular flexibility index (Phi) is 1.35. The summed E-state index contributed by atoms with van der Waals surface area (Å²) in [6.45, 7) is 4.40. The zero-order valence-electron chi connectivity index (χ0n) is 6.74. The minimum Gasteiger partial charge on any atom is -0.327 e. The Balaban J connectivity index is 2.23. The van der Waals surface area contributed by atoms with Crippen molar-refractivity contribution in [2.75, 3.05) is 0 Å². The quantitative estimate of drug-likeness (QED) is 0.691. The molecule has 0 spiro atoms. The van der Waals surface area contributed by atoms with Crippen LogP contribution in [0.4, 0.5) is 0 Å².